The predicted octanol–water partition coefficient (Wildman–Crippen LogP) is 0.0554. The Balaban J connectivity index is 1.84. The van der Waals surface area contributed by atoms with Crippen molar-refractivity contribution in [2.75, 3.05) is 0 Å². The number of aromatic carboxylic acids is 1. The van der Waals surface area contributed by atoms with Crippen LogP contribution in [-0.2, 0) is 19.5 Å². The SMILES string of the molecule is NCc1cccc(C(=O)NC2Cc3cccc(C(=O)O)c3OB2O)c1CN. The van der Waals surface area contributed by atoms with Gasteiger partial charge in [0.15, 0.2) is 0 Å². The van der Waals surface area contributed by atoms with E-state index in [1.54, 1.807) is 30.3 Å². The Morgan fingerprint density at radius 2 is 1.85 bits per heavy atom. The second-order valence-electron chi connectivity index (χ2n) is 6.24. The first-order valence-corrected chi connectivity index (χ1v) is 8.48. The van der Waals surface area contributed by atoms with Gasteiger partial charge < -0.3 is 31.6 Å². The summed E-state index contributed by atoms with van der Waals surface area (Å²) in [5.41, 5.74) is 13.9. The summed E-state index contributed by atoms with van der Waals surface area (Å²) in [7, 11) is -1.37. The highest BCUT2D eigenvalue weighted by Gasteiger charge is 2.38. The summed E-state index contributed by atoms with van der Waals surface area (Å²) in [6.07, 6.45) is 0.234. The van der Waals surface area contributed by atoms with E-state index in [0.29, 0.717) is 16.7 Å². The number of carbonyl (C=O) groups is 2. The van der Waals surface area contributed by atoms with Crippen LogP contribution in [0.5, 0.6) is 5.75 Å². The third-order valence-electron chi connectivity index (χ3n) is 4.61. The van der Waals surface area contributed by atoms with Crippen molar-refractivity contribution in [1.29, 1.82) is 0 Å². The Morgan fingerprint density at radius 1 is 1.15 bits per heavy atom. The summed E-state index contributed by atoms with van der Waals surface area (Å²) in [4.78, 5) is 24.0. The Morgan fingerprint density at radius 3 is 2.52 bits per heavy atom. The first-order chi connectivity index (χ1) is 13.0. The van der Waals surface area contributed by atoms with E-state index >= 15 is 0 Å². The van der Waals surface area contributed by atoms with Gasteiger partial charge in [-0.25, -0.2) is 4.79 Å². The number of nitrogens with two attached hydrogens (primary N) is 2. The van der Waals surface area contributed by atoms with Gasteiger partial charge in [0.1, 0.15) is 5.75 Å². The molecule has 3 rings (SSSR count). The Hall–Kier alpha value is -2.88. The fourth-order valence-electron chi connectivity index (χ4n) is 3.24. The van der Waals surface area contributed by atoms with Gasteiger partial charge >= 0.3 is 13.1 Å². The van der Waals surface area contributed by atoms with E-state index in [0.717, 1.165) is 5.56 Å². The van der Waals surface area contributed by atoms with Crippen molar-refractivity contribution in [3.05, 3.63) is 64.2 Å². The molecule has 1 aliphatic rings. The molecular formula is C18H20BN3O5. The molecule has 2 aromatic carbocycles. The molecule has 0 bridgehead atoms. The van der Waals surface area contributed by atoms with Gasteiger partial charge in [0, 0.05) is 18.7 Å². The van der Waals surface area contributed by atoms with Crippen LogP contribution in [0.4, 0.5) is 0 Å². The molecule has 8 nitrogen and oxygen atoms in total. The molecular weight excluding hydrogens is 349 g/mol. The van der Waals surface area contributed by atoms with Crippen LogP contribution in [0.15, 0.2) is 36.4 Å². The molecule has 9 heteroatoms. The fraction of sp³-hybridized carbons (Fsp3) is 0.222. The fourth-order valence-corrected chi connectivity index (χ4v) is 3.24. The molecule has 1 unspecified atom stereocenters. The minimum Gasteiger partial charge on any atom is -0.534 e. The van der Waals surface area contributed by atoms with Crippen molar-refractivity contribution in [2.24, 2.45) is 11.5 Å². The molecule has 140 valence electrons. The molecule has 0 aliphatic carbocycles. The van der Waals surface area contributed by atoms with E-state index in [9.17, 15) is 19.7 Å². The Bertz CT molecular complexity index is 889. The first kappa shape index (κ1) is 18.9. The molecule has 0 saturated carbocycles. The van der Waals surface area contributed by atoms with Crippen molar-refractivity contribution < 1.29 is 24.4 Å². The van der Waals surface area contributed by atoms with Gasteiger partial charge in [0.05, 0.1) is 11.5 Å². The van der Waals surface area contributed by atoms with Crippen LogP contribution in [0.2, 0.25) is 0 Å². The maximum absolute atomic E-state index is 12.7. The molecule has 0 aromatic heterocycles. The zero-order chi connectivity index (χ0) is 19.6. The van der Waals surface area contributed by atoms with Gasteiger partial charge in [-0.3, -0.25) is 4.79 Å². The molecule has 1 heterocycles. The number of carbonyl (C=O) groups excluding carboxylic acids is 1. The first-order valence-electron chi connectivity index (χ1n) is 8.48. The van der Waals surface area contributed by atoms with Crippen LogP contribution >= 0.6 is 0 Å². The van der Waals surface area contributed by atoms with E-state index in [1.165, 1.54) is 6.07 Å². The Kier molecular flexibility index (Phi) is 5.45. The second kappa shape index (κ2) is 7.79. The molecule has 0 spiro atoms. The van der Waals surface area contributed by atoms with E-state index in [4.69, 9.17) is 16.1 Å². The molecule has 27 heavy (non-hydrogen) atoms. The molecule has 1 aliphatic heterocycles. The molecule has 1 amide bonds. The van der Waals surface area contributed by atoms with E-state index in [2.05, 4.69) is 5.32 Å². The molecule has 0 saturated heterocycles. The van der Waals surface area contributed by atoms with Gasteiger partial charge in [-0.05, 0) is 35.2 Å². The summed E-state index contributed by atoms with van der Waals surface area (Å²) in [5, 5.41) is 22.3. The zero-order valence-electron chi connectivity index (χ0n) is 14.5. The minimum absolute atomic E-state index is 0.0302. The van der Waals surface area contributed by atoms with Crippen LogP contribution in [0.1, 0.15) is 37.4 Å². The number of para-hydroxylation sites is 1. The van der Waals surface area contributed by atoms with E-state index in [1.807, 2.05) is 0 Å². The minimum atomic E-state index is -1.37. The number of carboxylic acids is 1. The van der Waals surface area contributed by atoms with Crippen molar-refractivity contribution in [2.45, 2.75) is 25.5 Å². The molecule has 0 radical (unpaired) electrons. The number of amides is 1. The highest BCUT2D eigenvalue weighted by Crippen LogP contribution is 2.30. The van der Waals surface area contributed by atoms with Crippen molar-refractivity contribution in [3.63, 3.8) is 0 Å². The van der Waals surface area contributed by atoms with Crippen LogP contribution in [0, 0.1) is 0 Å². The normalized spacial score (nSPS) is 15.7. The lowest BCUT2D eigenvalue weighted by molar-refractivity contribution is 0.0693. The maximum atomic E-state index is 12.7. The van der Waals surface area contributed by atoms with Crippen LogP contribution in [0.25, 0.3) is 0 Å². The quantitative estimate of drug-likeness (QED) is 0.468. The summed E-state index contributed by atoms with van der Waals surface area (Å²) in [5.74, 6) is -2.17. The summed E-state index contributed by atoms with van der Waals surface area (Å²) >= 11 is 0. The third-order valence-corrected chi connectivity index (χ3v) is 4.61. The number of fused-ring (bicyclic) bond motifs is 1. The summed E-state index contributed by atoms with van der Waals surface area (Å²) in [6.45, 7) is 0.415. The topological polar surface area (TPSA) is 148 Å². The predicted molar refractivity (Wildman–Crippen MR) is 99.2 cm³/mol. The number of rotatable bonds is 5. The van der Waals surface area contributed by atoms with Crippen molar-refractivity contribution in [1.82, 2.24) is 5.32 Å². The average molecular weight is 369 g/mol. The molecule has 2 aromatic rings. The second-order valence-corrected chi connectivity index (χ2v) is 6.24. The van der Waals surface area contributed by atoms with Crippen LogP contribution < -0.4 is 21.4 Å². The highest BCUT2D eigenvalue weighted by molar-refractivity contribution is 6.47. The smallest absolute Gasteiger partial charge is 0.534 e. The van der Waals surface area contributed by atoms with Gasteiger partial charge in [-0.15, -0.1) is 0 Å². The molecule has 0 fully saturated rings. The number of hydrogen-bond donors (Lipinski definition) is 5. The largest absolute Gasteiger partial charge is 0.547 e. The van der Waals surface area contributed by atoms with Crippen LogP contribution in [-0.4, -0.2) is 35.1 Å². The maximum Gasteiger partial charge on any atom is 0.547 e. The van der Waals surface area contributed by atoms with Gasteiger partial charge in [-0.2, -0.15) is 0 Å². The summed E-state index contributed by atoms with van der Waals surface area (Å²) in [6, 6.07) is 9.87. The molecule has 1 atom stereocenters. The van der Waals surface area contributed by atoms with Gasteiger partial charge in [0.25, 0.3) is 5.91 Å². The number of carboxylic acid groups (broad SMARTS) is 1. The number of hydrogen-bond acceptors (Lipinski definition) is 6. The monoisotopic (exact) mass is 369 g/mol. The van der Waals surface area contributed by atoms with E-state index in [-0.39, 0.29) is 30.8 Å². The lowest BCUT2D eigenvalue weighted by Gasteiger charge is -2.29. The zero-order valence-corrected chi connectivity index (χ0v) is 14.5. The highest BCUT2D eigenvalue weighted by atomic mass is 16.5. The lowest BCUT2D eigenvalue weighted by Crippen LogP contribution is -2.53. The van der Waals surface area contributed by atoms with Crippen molar-refractivity contribution in [3.8, 4) is 5.75 Å². The molecule has 7 N–H and O–H groups in total. The third kappa shape index (κ3) is 3.66. The Labute approximate surface area is 156 Å². The van der Waals surface area contributed by atoms with Gasteiger partial charge in [0.2, 0.25) is 0 Å². The average Bonchev–Trinajstić information content (AvgIpc) is 2.67. The standard InChI is InChI=1S/C18H20BN3O5/c20-8-11-4-2-5-12(14(11)9-21)17(23)22-15-7-10-3-1-6-13(18(24)25)16(10)27-19(15)26/h1-6,15,26H,7-9,20-21H2,(H,22,23)(H,24,25). The van der Waals surface area contributed by atoms with Gasteiger partial charge in [-0.1, -0.05) is 24.3 Å². The summed E-state index contributed by atoms with van der Waals surface area (Å²) < 4.78 is 5.39. The van der Waals surface area contributed by atoms with Crippen molar-refractivity contribution >= 4 is 19.0 Å². The van der Waals surface area contributed by atoms with Crippen LogP contribution in [0.3, 0.4) is 0 Å². The van der Waals surface area contributed by atoms with E-state index < -0.39 is 24.9 Å². The lowest BCUT2D eigenvalue weighted by atomic mass is 9.72. The number of benzene rings is 2. The number of nitrogens with one attached hydrogen (secondary N) is 1.